The summed E-state index contributed by atoms with van der Waals surface area (Å²) in [5, 5.41) is 6.84. The number of benzene rings is 1. The number of aryl methyl sites for hydroxylation is 1. The van der Waals surface area contributed by atoms with Gasteiger partial charge in [0.15, 0.2) is 18.2 Å². The van der Waals surface area contributed by atoms with Crippen molar-refractivity contribution in [1.82, 2.24) is 23.0 Å². The molecule has 0 spiro atoms. The molecule has 0 saturated heterocycles. The summed E-state index contributed by atoms with van der Waals surface area (Å²) >= 11 is 8.69. The number of nitrogens with one attached hydrogen (secondary N) is 2. The number of hydrogen-bond acceptors (Lipinski definition) is 8. The third kappa shape index (κ3) is 6.73. The summed E-state index contributed by atoms with van der Waals surface area (Å²) in [6.45, 7) is 5.66. The molecule has 0 aliphatic rings. The molecule has 35 heavy (non-hydrogen) atoms. The number of rotatable bonds is 10. The van der Waals surface area contributed by atoms with Crippen LogP contribution < -0.4 is 25.8 Å². The average Bonchev–Trinajstić information content (AvgIpc) is 2.84. The number of halogens is 2. The molecule has 0 aliphatic heterocycles. The van der Waals surface area contributed by atoms with E-state index in [0.717, 1.165) is 29.7 Å². The van der Waals surface area contributed by atoms with Crippen LogP contribution in [-0.4, -0.2) is 63.4 Å². The highest BCUT2D eigenvalue weighted by Gasteiger charge is 2.14. The first-order valence-electron chi connectivity index (χ1n) is 11.0. The normalized spacial score (nSPS) is 11.2. The summed E-state index contributed by atoms with van der Waals surface area (Å²) < 4.78 is 9.14. The number of nitrogens with zero attached hydrogens (tertiary/aromatic N) is 5. The lowest BCUT2D eigenvalue weighted by molar-refractivity contribution is -0.122. The summed E-state index contributed by atoms with van der Waals surface area (Å²) in [7, 11) is 5.10. The van der Waals surface area contributed by atoms with Crippen LogP contribution >= 0.6 is 34.5 Å². The van der Waals surface area contributed by atoms with Crippen LogP contribution in [0.5, 0.6) is 5.75 Å². The molecule has 2 aromatic heterocycles. The van der Waals surface area contributed by atoms with Crippen molar-refractivity contribution in [2.24, 2.45) is 7.05 Å². The minimum Gasteiger partial charge on any atom is -0.478 e. The molecule has 0 bridgehead atoms. The smallest absolute Gasteiger partial charge is 0.293 e. The summed E-state index contributed by atoms with van der Waals surface area (Å²) in [5.41, 5.74) is 1.12. The molecule has 0 aliphatic carbocycles. The maximum Gasteiger partial charge on any atom is 0.293 e. The van der Waals surface area contributed by atoms with Gasteiger partial charge in [0.25, 0.3) is 11.5 Å². The van der Waals surface area contributed by atoms with Gasteiger partial charge in [-0.2, -0.15) is 4.98 Å². The number of likely N-dealkylation sites (N-methyl/N-ethyl adjacent to an activating group) is 2. The number of carbonyl (C=O) groups excluding carboxylic acids is 1. The second kappa shape index (κ2) is 11.9. The van der Waals surface area contributed by atoms with Gasteiger partial charge in [0.1, 0.15) is 5.02 Å². The van der Waals surface area contributed by atoms with Crippen molar-refractivity contribution in [3.63, 3.8) is 0 Å². The van der Waals surface area contributed by atoms with Gasteiger partial charge in [-0.3, -0.25) is 9.59 Å². The van der Waals surface area contributed by atoms with Gasteiger partial charge in [-0.25, -0.2) is 8.10 Å². The third-order valence-corrected chi connectivity index (χ3v) is 7.25. The van der Waals surface area contributed by atoms with E-state index < -0.39 is 0 Å². The Bertz CT molecular complexity index is 1270. The number of aromatic nitrogens is 3. The van der Waals surface area contributed by atoms with Crippen LogP contribution in [0.25, 0.3) is 10.9 Å². The average molecular weight is 614 g/mol. The van der Waals surface area contributed by atoms with Crippen LogP contribution in [0, 0.1) is 0 Å². The standard InChI is InChI=1S/C23H29ClIN7O3/c1-14(2)32(25)9-8-30(4)23-27-12-17(24)21(29-23)28-16-6-7-18-15(10-16)11-19(22(34)31(18)5)35-13-20(33)26-3/h6-7,10-12,14H,8-9,13H2,1-5H3,(H,26,33)(H,27,28,29). The molecular weight excluding hydrogens is 585 g/mol. The van der Waals surface area contributed by atoms with Crippen molar-refractivity contribution < 1.29 is 9.53 Å². The van der Waals surface area contributed by atoms with Crippen molar-refractivity contribution in [3.05, 3.63) is 45.8 Å². The van der Waals surface area contributed by atoms with Crippen LogP contribution in [0.3, 0.4) is 0 Å². The van der Waals surface area contributed by atoms with Crippen molar-refractivity contribution in [2.45, 2.75) is 19.9 Å². The molecular formula is C23H29ClIN7O3. The Morgan fingerprint density at radius 1 is 1.29 bits per heavy atom. The molecule has 10 nitrogen and oxygen atoms in total. The minimum atomic E-state index is -0.323. The fourth-order valence-corrected chi connectivity index (χ4v) is 3.57. The summed E-state index contributed by atoms with van der Waals surface area (Å²) in [4.78, 5) is 35.1. The van der Waals surface area contributed by atoms with Crippen molar-refractivity contribution >= 4 is 68.7 Å². The van der Waals surface area contributed by atoms with Crippen molar-refractivity contribution in [1.29, 1.82) is 0 Å². The van der Waals surface area contributed by atoms with E-state index in [1.54, 1.807) is 19.3 Å². The largest absolute Gasteiger partial charge is 0.478 e. The van der Waals surface area contributed by atoms with Crippen LogP contribution in [0.4, 0.5) is 17.5 Å². The lowest BCUT2D eigenvalue weighted by Gasteiger charge is -2.23. The molecule has 12 heteroatoms. The predicted molar refractivity (Wildman–Crippen MR) is 148 cm³/mol. The van der Waals surface area contributed by atoms with Crippen LogP contribution in [0.1, 0.15) is 13.8 Å². The monoisotopic (exact) mass is 613 g/mol. The van der Waals surface area contributed by atoms with Crippen molar-refractivity contribution in [2.75, 3.05) is 44.0 Å². The van der Waals surface area contributed by atoms with Gasteiger partial charge in [0, 0.05) is 74.2 Å². The number of ether oxygens (including phenoxy) is 1. The summed E-state index contributed by atoms with van der Waals surface area (Å²) in [5.74, 6) is 0.796. The molecule has 1 aromatic carbocycles. The molecule has 3 aromatic rings. The number of carbonyl (C=O) groups is 1. The minimum absolute atomic E-state index is 0.0930. The van der Waals surface area contributed by atoms with Gasteiger partial charge in [0.2, 0.25) is 5.95 Å². The Labute approximate surface area is 223 Å². The lowest BCUT2D eigenvalue weighted by atomic mass is 10.2. The Kier molecular flexibility index (Phi) is 9.14. The zero-order chi connectivity index (χ0) is 25.7. The zero-order valence-corrected chi connectivity index (χ0v) is 23.2. The van der Waals surface area contributed by atoms with Crippen molar-refractivity contribution in [3.8, 4) is 5.75 Å². The molecule has 0 unspecified atom stereocenters. The van der Waals surface area contributed by atoms with E-state index in [-0.39, 0.29) is 23.8 Å². The maximum atomic E-state index is 12.6. The van der Waals surface area contributed by atoms with Gasteiger partial charge >= 0.3 is 0 Å². The van der Waals surface area contributed by atoms with E-state index in [1.165, 1.54) is 11.6 Å². The molecule has 2 N–H and O–H groups in total. The highest BCUT2D eigenvalue weighted by molar-refractivity contribution is 14.1. The molecule has 3 rings (SSSR count). The first-order valence-corrected chi connectivity index (χ1v) is 12.3. The molecule has 2 heterocycles. The fraction of sp³-hybridized carbons (Fsp3) is 0.391. The highest BCUT2D eigenvalue weighted by Crippen LogP contribution is 2.27. The Morgan fingerprint density at radius 3 is 2.71 bits per heavy atom. The van der Waals surface area contributed by atoms with Gasteiger partial charge in [-0.05, 0) is 38.1 Å². The zero-order valence-electron chi connectivity index (χ0n) is 20.3. The van der Waals surface area contributed by atoms with E-state index >= 15 is 0 Å². The summed E-state index contributed by atoms with van der Waals surface area (Å²) in [6.07, 6.45) is 1.57. The first kappa shape index (κ1) is 27.0. The Balaban J connectivity index is 1.84. The van der Waals surface area contributed by atoms with Gasteiger partial charge in [-0.15, -0.1) is 0 Å². The second-order valence-electron chi connectivity index (χ2n) is 8.24. The van der Waals surface area contributed by atoms with Crippen LogP contribution in [0.2, 0.25) is 5.02 Å². The molecule has 0 saturated carbocycles. The highest BCUT2D eigenvalue weighted by atomic mass is 127. The quantitative estimate of drug-likeness (QED) is 0.265. The Hall–Kier alpha value is -2.64. The molecule has 188 valence electrons. The third-order valence-electron chi connectivity index (χ3n) is 5.37. The number of hydrogen-bond donors (Lipinski definition) is 2. The van der Waals surface area contributed by atoms with Gasteiger partial charge in [0.05, 0.1) is 11.7 Å². The Morgan fingerprint density at radius 2 is 2.03 bits per heavy atom. The van der Waals surface area contributed by atoms with E-state index in [4.69, 9.17) is 16.3 Å². The topological polar surface area (TPSA) is 105 Å². The maximum absolute atomic E-state index is 12.6. The van der Waals surface area contributed by atoms with Gasteiger partial charge in [-0.1, -0.05) is 11.6 Å². The molecule has 0 radical (unpaired) electrons. The number of anilines is 3. The van der Waals surface area contributed by atoms with E-state index in [9.17, 15) is 9.59 Å². The molecule has 0 atom stereocenters. The predicted octanol–water partition coefficient (Wildman–Crippen LogP) is 3.35. The molecule has 0 fully saturated rings. The SMILES string of the molecule is CNC(=O)COc1cc2cc(Nc3nc(N(C)CCN(I)C(C)C)ncc3Cl)ccc2n(C)c1=O. The van der Waals surface area contributed by atoms with Crippen LogP contribution in [0.15, 0.2) is 35.3 Å². The number of pyridine rings is 1. The van der Waals surface area contributed by atoms with Crippen LogP contribution in [-0.2, 0) is 11.8 Å². The number of amides is 1. The van der Waals surface area contributed by atoms with Gasteiger partial charge < -0.3 is 24.8 Å². The van der Waals surface area contributed by atoms with E-state index in [1.807, 2.05) is 30.1 Å². The molecule has 1 amide bonds. The summed E-state index contributed by atoms with van der Waals surface area (Å²) in [6, 6.07) is 7.59. The van der Waals surface area contributed by atoms with E-state index in [0.29, 0.717) is 22.8 Å². The lowest BCUT2D eigenvalue weighted by Crippen LogP contribution is -2.32. The fourth-order valence-electron chi connectivity index (χ4n) is 3.22. The van der Waals surface area contributed by atoms with E-state index in [2.05, 4.69) is 60.4 Å². The second-order valence-corrected chi connectivity index (χ2v) is 9.88. The first-order chi connectivity index (χ1) is 16.6. The number of fused-ring (bicyclic) bond motifs is 1.